The van der Waals surface area contributed by atoms with Gasteiger partial charge < -0.3 is 14.1 Å². The summed E-state index contributed by atoms with van der Waals surface area (Å²) in [6.45, 7) is 9.34. The Balaban J connectivity index is 1.84. The van der Waals surface area contributed by atoms with Crippen molar-refractivity contribution in [2.45, 2.75) is 45.6 Å². The Bertz CT molecular complexity index is 706. The van der Waals surface area contributed by atoms with E-state index in [0.29, 0.717) is 37.2 Å². The van der Waals surface area contributed by atoms with Crippen LogP contribution in [-0.2, 0) is 4.74 Å². The van der Waals surface area contributed by atoms with Gasteiger partial charge in [-0.25, -0.2) is 0 Å². The quantitative estimate of drug-likeness (QED) is 0.921. The van der Waals surface area contributed by atoms with Gasteiger partial charge in [-0.1, -0.05) is 27.7 Å². The van der Waals surface area contributed by atoms with Crippen LogP contribution in [0, 0.1) is 0 Å². The third-order valence-electron chi connectivity index (χ3n) is 4.06. The fraction of sp³-hybridized carbons (Fsp3) is 0.625. The monoisotopic (exact) mass is 333 g/mol. The van der Waals surface area contributed by atoms with E-state index in [1.807, 2.05) is 27.7 Å². The van der Waals surface area contributed by atoms with E-state index >= 15 is 0 Å². The highest BCUT2D eigenvalue weighted by atomic mass is 16.5. The SMILES string of the molecule is CC(C)c1cc(C(=O)N2CCOC[C@H]2c2nnc(C(C)C)o2)n[nH]1. The van der Waals surface area contributed by atoms with E-state index in [9.17, 15) is 4.79 Å². The lowest BCUT2D eigenvalue weighted by Crippen LogP contribution is -2.43. The summed E-state index contributed by atoms with van der Waals surface area (Å²) in [6, 6.07) is 1.41. The van der Waals surface area contributed by atoms with Crippen LogP contribution in [0.2, 0.25) is 0 Å². The molecule has 0 unspecified atom stereocenters. The normalized spacial score (nSPS) is 18.6. The zero-order chi connectivity index (χ0) is 17.3. The first-order chi connectivity index (χ1) is 11.5. The number of hydrogen-bond acceptors (Lipinski definition) is 6. The van der Waals surface area contributed by atoms with Gasteiger partial charge in [0.15, 0.2) is 0 Å². The number of amides is 1. The van der Waals surface area contributed by atoms with Crippen LogP contribution in [0.4, 0.5) is 0 Å². The Morgan fingerprint density at radius 2 is 2.08 bits per heavy atom. The number of nitrogens with zero attached hydrogens (tertiary/aromatic N) is 4. The summed E-state index contributed by atoms with van der Waals surface area (Å²) in [4.78, 5) is 14.6. The van der Waals surface area contributed by atoms with Gasteiger partial charge in [-0.2, -0.15) is 5.10 Å². The zero-order valence-electron chi connectivity index (χ0n) is 14.4. The number of carbonyl (C=O) groups excluding carboxylic acids is 1. The van der Waals surface area contributed by atoms with Gasteiger partial charge in [0.05, 0.1) is 13.2 Å². The molecule has 1 aliphatic rings. The number of ether oxygens (including phenoxy) is 1. The first-order valence-corrected chi connectivity index (χ1v) is 8.24. The molecule has 1 atom stereocenters. The summed E-state index contributed by atoms with van der Waals surface area (Å²) < 4.78 is 11.2. The minimum Gasteiger partial charge on any atom is -0.423 e. The van der Waals surface area contributed by atoms with Crippen LogP contribution in [0.15, 0.2) is 10.5 Å². The average Bonchev–Trinajstić information content (AvgIpc) is 3.23. The molecular formula is C16H23N5O3. The summed E-state index contributed by atoms with van der Waals surface area (Å²) in [5, 5.41) is 15.2. The molecule has 0 bridgehead atoms. The van der Waals surface area contributed by atoms with Crippen molar-refractivity contribution < 1.29 is 13.9 Å². The number of nitrogens with one attached hydrogen (secondary N) is 1. The number of aromatic nitrogens is 4. The molecule has 1 aliphatic heterocycles. The second kappa shape index (κ2) is 6.72. The minimum atomic E-state index is -0.384. The summed E-state index contributed by atoms with van der Waals surface area (Å²) in [6.07, 6.45) is 0. The Hall–Kier alpha value is -2.22. The van der Waals surface area contributed by atoms with Crippen LogP contribution in [0.25, 0.3) is 0 Å². The molecule has 1 fully saturated rings. The van der Waals surface area contributed by atoms with Crippen molar-refractivity contribution in [2.75, 3.05) is 19.8 Å². The Morgan fingerprint density at radius 3 is 2.71 bits per heavy atom. The number of H-pyrrole nitrogens is 1. The maximum absolute atomic E-state index is 12.9. The summed E-state index contributed by atoms with van der Waals surface area (Å²) >= 11 is 0. The van der Waals surface area contributed by atoms with E-state index in [1.165, 1.54) is 0 Å². The van der Waals surface area contributed by atoms with Gasteiger partial charge in [0.2, 0.25) is 11.8 Å². The van der Waals surface area contributed by atoms with Gasteiger partial charge in [0.25, 0.3) is 5.91 Å². The van der Waals surface area contributed by atoms with Crippen molar-refractivity contribution in [3.05, 3.63) is 29.2 Å². The average molecular weight is 333 g/mol. The molecule has 2 aromatic heterocycles. The van der Waals surface area contributed by atoms with Gasteiger partial charge in [-0.3, -0.25) is 9.89 Å². The summed E-state index contributed by atoms with van der Waals surface area (Å²) in [5.41, 5.74) is 1.33. The molecule has 0 radical (unpaired) electrons. The first kappa shape index (κ1) is 16.6. The van der Waals surface area contributed by atoms with Crippen molar-refractivity contribution >= 4 is 5.91 Å². The molecule has 8 nitrogen and oxygen atoms in total. The molecule has 24 heavy (non-hydrogen) atoms. The van der Waals surface area contributed by atoms with Crippen LogP contribution in [-0.4, -0.2) is 51.0 Å². The van der Waals surface area contributed by atoms with E-state index in [2.05, 4.69) is 20.4 Å². The third-order valence-corrected chi connectivity index (χ3v) is 4.06. The van der Waals surface area contributed by atoms with Crippen molar-refractivity contribution in [1.82, 2.24) is 25.3 Å². The second-order valence-electron chi connectivity index (χ2n) is 6.59. The molecule has 1 saturated heterocycles. The minimum absolute atomic E-state index is 0.139. The Labute approximate surface area is 140 Å². The fourth-order valence-electron chi connectivity index (χ4n) is 2.55. The molecule has 0 spiro atoms. The highest BCUT2D eigenvalue weighted by Gasteiger charge is 2.34. The number of carbonyl (C=O) groups is 1. The highest BCUT2D eigenvalue weighted by molar-refractivity contribution is 5.92. The van der Waals surface area contributed by atoms with E-state index in [-0.39, 0.29) is 23.8 Å². The van der Waals surface area contributed by atoms with Gasteiger partial charge in [0.1, 0.15) is 11.7 Å². The van der Waals surface area contributed by atoms with Crippen molar-refractivity contribution in [3.8, 4) is 0 Å². The molecule has 0 aromatic carbocycles. The van der Waals surface area contributed by atoms with Crippen molar-refractivity contribution in [2.24, 2.45) is 0 Å². The highest BCUT2D eigenvalue weighted by Crippen LogP contribution is 2.26. The third kappa shape index (κ3) is 3.19. The predicted molar refractivity (Wildman–Crippen MR) is 85.7 cm³/mol. The number of morpholine rings is 1. The molecular weight excluding hydrogens is 310 g/mol. The van der Waals surface area contributed by atoms with Crippen LogP contribution < -0.4 is 0 Å². The van der Waals surface area contributed by atoms with Crippen LogP contribution in [0.1, 0.15) is 73.5 Å². The topological polar surface area (TPSA) is 97.1 Å². The standard InChI is InChI=1S/C16H23N5O3/c1-9(2)11-7-12(18-17-11)16(22)21-5-6-23-8-13(21)15-20-19-14(24-15)10(3)4/h7,9-10,13H,5-6,8H2,1-4H3,(H,17,18)/t13-/m0/s1. The summed E-state index contributed by atoms with van der Waals surface area (Å²) in [7, 11) is 0. The molecule has 3 heterocycles. The molecule has 2 aromatic rings. The fourth-order valence-corrected chi connectivity index (χ4v) is 2.55. The lowest BCUT2D eigenvalue weighted by molar-refractivity contribution is -0.0110. The van der Waals surface area contributed by atoms with Crippen LogP contribution in [0.5, 0.6) is 0 Å². The number of hydrogen-bond donors (Lipinski definition) is 1. The molecule has 130 valence electrons. The maximum Gasteiger partial charge on any atom is 0.275 e. The number of rotatable bonds is 4. The van der Waals surface area contributed by atoms with Gasteiger partial charge >= 0.3 is 0 Å². The molecule has 1 N–H and O–H groups in total. The largest absolute Gasteiger partial charge is 0.423 e. The lowest BCUT2D eigenvalue weighted by atomic mass is 10.1. The van der Waals surface area contributed by atoms with Crippen LogP contribution >= 0.6 is 0 Å². The number of aromatic amines is 1. The predicted octanol–water partition coefficient (Wildman–Crippen LogP) is 2.25. The van der Waals surface area contributed by atoms with Crippen LogP contribution in [0.3, 0.4) is 0 Å². The van der Waals surface area contributed by atoms with Gasteiger partial charge in [-0.05, 0) is 12.0 Å². The Kier molecular flexibility index (Phi) is 4.66. The zero-order valence-corrected chi connectivity index (χ0v) is 14.4. The lowest BCUT2D eigenvalue weighted by Gasteiger charge is -2.32. The molecule has 0 saturated carbocycles. The van der Waals surface area contributed by atoms with Crippen molar-refractivity contribution in [3.63, 3.8) is 0 Å². The van der Waals surface area contributed by atoms with E-state index < -0.39 is 0 Å². The Morgan fingerprint density at radius 1 is 1.29 bits per heavy atom. The smallest absolute Gasteiger partial charge is 0.275 e. The van der Waals surface area contributed by atoms with E-state index in [1.54, 1.807) is 11.0 Å². The summed E-state index contributed by atoms with van der Waals surface area (Å²) in [5.74, 6) is 1.23. The molecule has 1 amide bonds. The maximum atomic E-state index is 12.9. The van der Waals surface area contributed by atoms with Gasteiger partial charge in [-0.15, -0.1) is 10.2 Å². The first-order valence-electron chi connectivity index (χ1n) is 8.24. The van der Waals surface area contributed by atoms with Gasteiger partial charge in [0, 0.05) is 18.2 Å². The van der Waals surface area contributed by atoms with E-state index in [0.717, 1.165) is 5.69 Å². The second-order valence-corrected chi connectivity index (χ2v) is 6.59. The van der Waals surface area contributed by atoms with Crippen molar-refractivity contribution in [1.29, 1.82) is 0 Å². The molecule has 3 rings (SSSR count). The molecule has 0 aliphatic carbocycles. The molecule has 8 heteroatoms. The van der Waals surface area contributed by atoms with E-state index in [4.69, 9.17) is 9.15 Å².